The summed E-state index contributed by atoms with van der Waals surface area (Å²) in [5, 5.41) is 26.3. The summed E-state index contributed by atoms with van der Waals surface area (Å²) in [5.74, 6) is 2.76. The van der Waals surface area contributed by atoms with E-state index in [9.17, 15) is 10.2 Å². The molecule has 0 amide bonds. The van der Waals surface area contributed by atoms with E-state index in [1.165, 1.54) is 36.8 Å². The lowest BCUT2D eigenvalue weighted by Gasteiger charge is -2.60. The Kier molecular flexibility index (Phi) is 4.98. The highest BCUT2D eigenvalue weighted by Crippen LogP contribution is 2.67. The van der Waals surface area contributed by atoms with Gasteiger partial charge in [-0.05, 0) is 106 Å². The van der Waals surface area contributed by atoms with Crippen LogP contribution in [0.4, 0.5) is 0 Å². The summed E-state index contributed by atoms with van der Waals surface area (Å²) in [5.41, 5.74) is 3.86. The van der Waals surface area contributed by atoms with Gasteiger partial charge in [0.15, 0.2) is 0 Å². The van der Waals surface area contributed by atoms with E-state index in [4.69, 9.17) is 0 Å². The first-order chi connectivity index (χ1) is 14.3. The molecule has 1 aromatic rings. The first kappa shape index (κ1) is 20.8. The maximum Gasteiger partial charge on any atom is 0.0809 e. The average Bonchev–Trinajstić information content (AvgIpc) is 3.20. The van der Waals surface area contributed by atoms with Crippen LogP contribution in [-0.4, -0.2) is 32.2 Å². The monoisotopic (exact) mass is 412 g/mol. The molecule has 4 aliphatic carbocycles. The maximum absolute atomic E-state index is 11.5. The van der Waals surface area contributed by atoms with E-state index in [1.807, 2.05) is 4.68 Å². The zero-order chi connectivity index (χ0) is 21.3. The molecule has 1 aromatic heterocycles. The standard InChI is InChI=1S/C26H40N2O2/c1-5-28-15-18(16(2)27-28)12-17-13-23-21-7-6-19-14-20(29)8-10-25(19,3)22(21)9-11-26(23,4)24(17)30/h12,15,19-24,29-30H,5-11,13-14H2,1-4H3/b17-12+. The quantitative estimate of drug-likeness (QED) is 0.721. The van der Waals surface area contributed by atoms with Gasteiger partial charge in [-0.25, -0.2) is 0 Å². The molecule has 4 saturated carbocycles. The molecule has 166 valence electrons. The van der Waals surface area contributed by atoms with E-state index in [2.05, 4.69) is 45.1 Å². The number of hydrogen-bond donors (Lipinski definition) is 2. The highest BCUT2D eigenvalue weighted by atomic mass is 16.3. The second-order valence-corrected chi connectivity index (χ2v) is 11.5. The van der Waals surface area contributed by atoms with Crippen molar-refractivity contribution in [3.63, 3.8) is 0 Å². The molecule has 8 unspecified atom stereocenters. The third kappa shape index (κ3) is 2.97. The van der Waals surface area contributed by atoms with Crippen molar-refractivity contribution in [1.29, 1.82) is 0 Å². The molecular formula is C26H40N2O2. The molecule has 0 radical (unpaired) electrons. The molecule has 30 heavy (non-hydrogen) atoms. The summed E-state index contributed by atoms with van der Waals surface area (Å²) in [7, 11) is 0. The van der Waals surface area contributed by atoms with Crippen LogP contribution >= 0.6 is 0 Å². The molecule has 2 N–H and O–H groups in total. The fourth-order valence-electron chi connectivity index (χ4n) is 8.27. The predicted octanol–water partition coefficient (Wildman–Crippen LogP) is 4.97. The van der Waals surface area contributed by atoms with Gasteiger partial charge in [-0.15, -0.1) is 0 Å². The van der Waals surface area contributed by atoms with Crippen LogP contribution in [0.5, 0.6) is 0 Å². The topological polar surface area (TPSA) is 58.3 Å². The van der Waals surface area contributed by atoms with Crippen LogP contribution in [0.1, 0.15) is 83.4 Å². The van der Waals surface area contributed by atoms with Gasteiger partial charge in [-0.3, -0.25) is 4.68 Å². The Balaban J connectivity index is 1.44. The van der Waals surface area contributed by atoms with Crippen molar-refractivity contribution in [2.75, 3.05) is 0 Å². The molecule has 1 heterocycles. The Bertz CT molecular complexity index is 844. The highest BCUT2D eigenvalue weighted by molar-refractivity contribution is 5.56. The van der Waals surface area contributed by atoms with Gasteiger partial charge in [-0.1, -0.05) is 13.8 Å². The summed E-state index contributed by atoms with van der Waals surface area (Å²) < 4.78 is 1.99. The minimum atomic E-state index is -0.327. The Labute approximate surface area is 181 Å². The molecule has 4 aliphatic rings. The van der Waals surface area contributed by atoms with Crippen molar-refractivity contribution >= 4 is 6.08 Å². The summed E-state index contributed by atoms with van der Waals surface area (Å²) >= 11 is 0. The van der Waals surface area contributed by atoms with Crippen molar-refractivity contribution in [3.05, 3.63) is 23.0 Å². The number of aryl methyl sites for hydroxylation is 2. The molecule has 0 bridgehead atoms. The Morgan fingerprint density at radius 1 is 1.10 bits per heavy atom. The minimum Gasteiger partial charge on any atom is -0.393 e. The lowest BCUT2D eigenvalue weighted by atomic mass is 9.45. The summed E-state index contributed by atoms with van der Waals surface area (Å²) in [6, 6.07) is 0. The molecule has 0 spiro atoms. The molecule has 0 aliphatic heterocycles. The third-order valence-electron chi connectivity index (χ3n) is 10.2. The van der Waals surface area contributed by atoms with Crippen LogP contribution < -0.4 is 0 Å². The van der Waals surface area contributed by atoms with Crippen LogP contribution in [0.15, 0.2) is 11.8 Å². The normalized spacial score (nSPS) is 47.1. The average molecular weight is 413 g/mol. The largest absolute Gasteiger partial charge is 0.393 e. The second-order valence-electron chi connectivity index (χ2n) is 11.5. The van der Waals surface area contributed by atoms with Crippen molar-refractivity contribution in [2.24, 2.45) is 34.5 Å². The van der Waals surface area contributed by atoms with Crippen molar-refractivity contribution in [3.8, 4) is 0 Å². The zero-order valence-electron chi connectivity index (χ0n) is 19.3. The van der Waals surface area contributed by atoms with E-state index in [0.29, 0.717) is 17.3 Å². The van der Waals surface area contributed by atoms with Gasteiger partial charge in [-0.2, -0.15) is 5.10 Å². The molecule has 0 aromatic carbocycles. The van der Waals surface area contributed by atoms with Crippen LogP contribution in [0.3, 0.4) is 0 Å². The van der Waals surface area contributed by atoms with Gasteiger partial charge >= 0.3 is 0 Å². The molecule has 0 saturated heterocycles. The number of aromatic nitrogens is 2. The van der Waals surface area contributed by atoms with E-state index < -0.39 is 0 Å². The van der Waals surface area contributed by atoms with Gasteiger partial charge in [0, 0.05) is 23.7 Å². The molecule has 4 fully saturated rings. The number of hydrogen-bond acceptors (Lipinski definition) is 3. The van der Waals surface area contributed by atoms with Crippen molar-refractivity contribution in [2.45, 2.75) is 97.8 Å². The summed E-state index contributed by atoms with van der Waals surface area (Å²) in [4.78, 5) is 0. The first-order valence-electron chi connectivity index (χ1n) is 12.4. The third-order valence-corrected chi connectivity index (χ3v) is 10.2. The summed E-state index contributed by atoms with van der Waals surface area (Å²) in [6.45, 7) is 9.97. The van der Waals surface area contributed by atoms with E-state index in [1.54, 1.807) is 0 Å². The Hall–Kier alpha value is -1.13. The van der Waals surface area contributed by atoms with Gasteiger partial charge in [0.2, 0.25) is 0 Å². The van der Waals surface area contributed by atoms with Crippen LogP contribution in [0.2, 0.25) is 0 Å². The van der Waals surface area contributed by atoms with E-state index in [-0.39, 0.29) is 17.6 Å². The van der Waals surface area contributed by atoms with E-state index >= 15 is 0 Å². The van der Waals surface area contributed by atoms with Crippen LogP contribution in [0, 0.1) is 41.4 Å². The predicted molar refractivity (Wildman–Crippen MR) is 120 cm³/mol. The highest BCUT2D eigenvalue weighted by Gasteiger charge is 2.61. The fraction of sp³-hybridized carbons (Fsp3) is 0.808. The smallest absolute Gasteiger partial charge is 0.0809 e. The van der Waals surface area contributed by atoms with Crippen LogP contribution in [0.25, 0.3) is 6.08 Å². The summed E-state index contributed by atoms with van der Waals surface area (Å²) in [6.07, 6.45) is 13.1. The lowest BCUT2D eigenvalue weighted by molar-refractivity contribution is -0.133. The van der Waals surface area contributed by atoms with Gasteiger partial charge in [0.1, 0.15) is 0 Å². The number of rotatable bonds is 2. The molecule has 4 heteroatoms. The zero-order valence-corrected chi connectivity index (χ0v) is 19.3. The maximum atomic E-state index is 11.5. The van der Waals surface area contributed by atoms with Gasteiger partial charge in [0.05, 0.1) is 17.9 Å². The Morgan fingerprint density at radius 3 is 2.60 bits per heavy atom. The van der Waals surface area contributed by atoms with Gasteiger partial charge in [0.25, 0.3) is 0 Å². The second kappa shape index (κ2) is 7.20. The van der Waals surface area contributed by atoms with Gasteiger partial charge < -0.3 is 10.2 Å². The van der Waals surface area contributed by atoms with E-state index in [0.717, 1.165) is 49.8 Å². The lowest BCUT2D eigenvalue weighted by Crippen LogP contribution is -2.54. The SMILES string of the molecule is CCn1cc(/C=C2\CC3C4CCC5CC(O)CCC5(C)C4CCC3(C)C2O)c(C)n1. The molecule has 4 nitrogen and oxygen atoms in total. The molecular weight excluding hydrogens is 372 g/mol. The fourth-order valence-corrected chi connectivity index (χ4v) is 8.27. The Morgan fingerprint density at radius 2 is 1.87 bits per heavy atom. The van der Waals surface area contributed by atoms with Crippen LogP contribution in [-0.2, 0) is 6.54 Å². The minimum absolute atomic E-state index is 0.0129. The number of aliphatic hydroxyl groups excluding tert-OH is 2. The van der Waals surface area contributed by atoms with Crippen molar-refractivity contribution in [1.82, 2.24) is 9.78 Å². The first-order valence-corrected chi connectivity index (χ1v) is 12.4. The number of aliphatic hydroxyl groups is 2. The number of fused-ring (bicyclic) bond motifs is 5. The van der Waals surface area contributed by atoms with Crippen molar-refractivity contribution < 1.29 is 10.2 Å². The molecule has 8 atom stereocenters. The number of nitrogens with zero attached hydrogens (tertiary/aromatic N) is 2. The molecule has 5 rings (SSSR count).